The molecule has 2 rings (SSSR count). The van der Waals surface area contributed by atoms with E-state index in [4.69, 9.17) is 18.9 Å². The van der Waals surface area contributed by atoms with Gasteiger partial charge in [-0.3, -0.25) is 0 Å². The Hall–Kier alpha value is -2.90. The van der Waals surface area contributed by atoms with Crippen molar-refractivity contribution >= 4 is 23.1 Å². The van der Waals surface area contributed by atoms with E-state index in [-0.39, 0.29) is 0 Å². The van der Waals surface area contributed by atoms with Crippen LogP contribution in [0.25, 0.3) is 10.9 Å². The van der Waals surface area contributed by atoms with E-state index in [2.05, 4.69) is 5.32 Å². The lowest BCUT2D eigenvalue weighted by Gasteiger charge is -2.20. The Balaban J connectivity index is 2.41. The molecule has 8 nitrogen and oxygen atoms in total. The van der Waals surface area contributed by atoms with Gasteiger partial charge in [-0.15, -0.1) is 0 Å². The molecular formula is C22H32N2O6. The van der Waals surface area contributed by atoms with E-state index >= 15 is 0 Å². The molecule has 0 spiro atoms. The summed E-state index contributed by atoms with van der Waals surface area (Å²) in [6, 6.07) is 3.52. The molecule has 1 aromatic carbocycles. The number of alkyl carbamates (subject to hydrolysis) is 1. The minimum atomic E-state index is -0.655. The van der Waals surface area contributed by atoms with Crippen LogP contribution in [0.3, 0.4) is 0 Å². The summed E-state index contributed by atoms with van der Waals surface area (Å²) in [5.74, 6) is 1.11. The molecule has 0 unspecified atom stereocenters. The van der Waals surface area contributed by atoms with Gasteiger partial charge in [0.25, 0.3) is 0 Å². The van der Waals surface area contributed by atoms with Crippen LogP contribution in [-0.2, 0) is 15.9 Å². The van der Waals surface area contributed by atoms with E-state index in [1.54, 1.807) is 67.0 Å². The summed E-state index contributed by atoms with van der Waals surface area (Å²) >= 11 is 0. The maximum atomic E-state index is 12.8. The molecular weight excluding hydrogens is 388 g/mol. The minimum Gasteiger partial charge on any atom is -0.496 e. The van der Waals surface area contributed by atoms with Gasteiger partial charge in [-0.05, 0) is 65.7 Å². The normalized spacial score (nSPS) is 11.9. The molecule has 166 valence electrons. The number of nitrogens with one attached hydrogen (secondary N) is 1. The fourth-order valence-electron chi connectivity index (χ4n) is 2.98. The number of rotatable bonds is 5. The molecule has 1 aromatic heterocycles. The number of methoxy groups -OCH3 is 2. The van der Waals surface area contributed by atoms with Gasteiger partial charge in [0, 0.05) is 18.1 Å². The maximum absolute atomic E-state index is 12.8. The number of benzene rings is 1. The molecule has 0 saturated heterocycles. The predicted octanol–water partition coefficient (Wildman–Crippen LogP) is 4.51. The van der Waals surface area contributed by atoms with Crippen molar-refractivity contribution in [2.24, 2.45) is 0 Å². The smallest absolute Gasteiger partial charge is 0.419 e. The summed E-state index contributed by atoms with van der Waals surface area (Å²) in [5, 5.41) is 3.47. The number of fused-ring (bicyclic) bond motifs is 1. The van der Waals surface area contributed by atoms with Gasteiger partial charge in [0.2, 0.25) is 0 Å². The topological polar surface area (TPSA) is 88.0 Å². The Morgan fingerprint density at radius 2 is 1.50 bits per heavy atom. The zero-order valence-corrected chi connectivity index (χ0v) is 19.0. The number of nitrogens with zero attached hydrogens (tertiary/aromatic N) is 1. The van der Waals surface area contributed by atoms with E-state index < -0.39 is 23.4 Å². The van der Waals surface area contributed by atoms with Crippen LogP contribution in [0.5, 0.6) is 11.5 Å². The van der Waals surface area contributed by atoms with E-state index in [0.717, 1.165) is 10.9 Å². The predicted molar refractivity (Wildman–Crippen MR) is 115 cm³/mol. The van der Waals surface area contributed by atoms with E-state index in [1.807, 2.05) is 0 Å². The first-order valence-electron chi connectivity index (χ1n) is 9.81. The number of hydrogen-bond acceptors (Lipinski definition) is 6. The minimum absolute atomic E-state index is 0.322. The Morgan fingerprint density at radius 1 is 0.933 bits per heavy atom. The van der Waals surface area contributed by atoms with Gasteiger partial charge in [0.15, 0.2) is 0 Å². The van der Waals surface area contributed by atoms with Crippen molar-refractivity contribution in [1.82, 2.24) is 9.88 Å². The molecule has 2 aromatic rings. The summed E-state index contributed by atoms with van der Waals surface area (Å²) in [7, 11) is 3.10. The van der Waals surface area contributed by atoms with Crippen molar-refractivity contribution in [2.45, 2.75) is 59.2 Å². The third-order valence-corrected chi connectivity index (χ3v) is 4.04. The van der Waals surface area contributed by atoms with E-state index in [1.165, 1.54) is 11.7 Å². The molecule has 1 amide bonds. The maximum Gasteiger partial charge on any atom is 0.419 e. The van der Waals surface area contributed by atoms with Crippen molar-refractivity contribution in [3.05, 3.63) is 23.9 Å². The zero-order valence-electron chi connectivity index (χ0n) is 19.0. The third-order valence-electron chi connectivity index (χ3n) is 4.04. The highest BCUT2D eigenvalue weighted by Gasteiger charge is 2.25. The highest BCUT2D eigenvalue weighted by Crippen LogP contribution is 2.37. The first kappa shape index (κ1) is 23.4. The molecule has 1 heterocycles. The summed E-state index contributed by atoms with van der Waals surface area (Å²) in [6.45, 7) is 11.2. The Bertz CT molecular complexity index is 918. The first-order valence-corrected chi connectivity index (χ1v) is 9.81. The second-order valence-corrected chi connectivity index (χ2v) is 8.88. The first-order chi connectivity index (χ1) is 13.9. The summed E-state index contributed by atoms with van der Waals surface area (Å²) < 4.78 is 23.3. The average molecular weight is 421 g/mol. The second kappa shape index (κ2) is 8.85. The van der Waals surface area contributed by atoms with Crippen LogP contribution in [0.1, 0.15) is 47.1 Å². The van der Waals surface area contributed by atoms with Crippen molar-refractivity contribution in [2.75, 3.05) is 20.8 Å². The van der Waals surface area contributed by atoms with Crippen LogP contribution in [-0.4, -0.2) is 48.7 Å². The van der Waals surface area contributed by atoms with Crippen molar-refractivity contribution < 1.29 is 28.5 Å². The third kappa shape index (κ3) is 5.81. The number of amides is 1. The monoisotopic (exact) mass is 420 g/mol. The van der Waals surface area contributed by atoms with Crippen LogP contribution < -0.4 is 14.8 Å². The largest absolute Gasteiger partial charge is 0.496 e. The Morgan fingerprint density at radius 3 is 2.03 bits per heavy atom. The Labute approximate surface area is 177 Å². The fraction of sp³-hybridized carbons (Fsp3) is 0.545. The van der Waals surface area contributed by atoms with Gasteiger partial charge in [-0.25, -0.2) is 14.2 Å². The fourth-order valence-corrected chi connectivity index (χ4v) is 2.98. The summed E-state index contributed by atoms with van der Waals surface area (Å²) in [4.78, 5) is 24.8. The molecule has 0 aliphatic rings. The van der Waals surface area contributed by atoms with E-state index in [9.17, 15) is 9.59 Å². The lowest BCUT2D eigenvalue weighted by molar-refractivity contribution is 0.0520. The molecule has 0 atom stereocenters. The number of ether oxygens (including phenoxy) is 4. The molecule has 0 aliphatic carbocycles. The van der Waals surface area contributed by atoms with Gasteiger partial charge >= 0.3 is 12.2 Å². The lowest BCUT2D eigenvalue weighted by Crippen LogP contribution is -2.33. The molecule has 8 heteroatoms. The molecule has 0 fully saturated rings. The molecule has 0 aliphatic heterocycles. The number of carbonyl (C=O) groups is 2. The molecule has 0 radical (unpaired) electrons. The number of hydrogen-bond donors (Lipinski definition) is 1. The van der Waals surface area contributed by atoms with Gasteiger partial charge in [-0.2, -0.15) is 0 Å². The molecule has 1 N–H and O–H groups in total. The quantitative estimate of drug-likeness (QED) is 0.766. The SMILES string of the molecule is COc1ccc(OC)c2c1c(CCNC(=O)OC(C)(C)C)cn2C(=O)OC(C)(C)C. The lowest BCUT2D eigenvalue weighted by atomic mass is 10.1. The molecule has 30 heavy (non-hydrogen) atoms. The van der Waals surface area contributed by atoms with Crippen molar-refractivity contribution in [3.63, 3.8) is 0 Å². The number of carbonyl (C=O) groups excluding carboxylic acids is 2. The van der Waals surface area contributed by atoms with Gasteiger partial charge < -0.3 is 24.3 Å². The van der Waals surface area contributed by atoms with Crippen molar-refractivity contribution in [3.8, 4) is 11.5 Å². The highest BCUT2D eigenvalue weighted by atomic mass is 16.6. The van der Waals surface area contributed by atoms with Crippen LogP contribution in [0.4, 0.5) is 9.59 Å². The standard InChI is InChI=1S/C22H32N2O6/c1-21(2,3)29-19(25)23-12-11-14-13-24(20(26)30-22(4,5)6)18-16(28-8)10-9-15(27-7)17(14)18/h9-10,13H,11-12H2,1-8H3,(H,23,25). The molecule has 0 bridgehead atoms. The van der Waals surface area contributed by atoms with Crippen LogP contribution in [0.15, 0.2) is 18.3 Å². The summed E-state index contributed by atoms with van der Waals surface area (Å²) in [5.41, 5.74) is 0.132. The van der Waals surface area contributed by atoms with Crippen LogP contribution in [0.2, 0.25) is 0 Å². The number of aromatic nitrogens is 1. The van der Waals surface area contributed by atoms with Gasteiger partial charge in [0.1, 0.15) is 28.2 Å². The zero-order chi connectivity index (χ0) is 22.7. The summed E-state index contributed by atoms with van der Waals surface area (Å²) in [6.07, 6.45) is 1.13. The van der Waals surface area contributed by atoms with Crippen LogP contribution >= 0.6 is 0 Å². The Kier molecular flexibility index (Phi) is 6.90. The van der Waals surface area contributed by atoms with Crippen molar-refractivity contribution in [1.29, 1.82) is 0 Å². The van der Waals surface area contributed by atoms with Gasteiger partial charge in [0.05, 0.1) is 14.2 Å². The average Bonchev–Trinajstić information content (AvgIpc) is 2.98. The van der Waals surface area contributed by atoms with Crippen LogP contribution in [0, 0.1) is 0 Å². The highest BCUT2D eigenvalue weighted by molar-refractivity contribution is 5.99. The molecule has 0 saturated carbocycles. The van der Waals surface area contributed by atoms with E-state index in [0.29, 0.717) is 30.0 Å². The van der Waals surface area contributed by atoms with Gasteiger partial charge in [-0.1, -0.05) is 0 Å². The second-order valence-electron chi connectivity index (χ2n) is 8.88.